The van der Waals surface area contributed by atoms with E-state index in [1.165, 1.54) is 0 Å². The highest BCUT2D eigenvalue weighted by Crippen LogP contribution is 2.39. The summed E-state index contributed by atoms with van der Waals surface area (Å²) in [6.45, 7) is 10.1. The number of ether oxygens (including phenoxy) is 1. The first-order valence-electron chi connectivity index (χ1n) is 9.49. The van der Waals surface area contributed by atoms with Crippen LogP contribution in [0.2, 0.25) is 0 Å². The number of aryl methyl sites for hydroxylation is 1. The number of likely N-dealkylation sites (tertiary alicyclic amines) is 1. The molecule has 25 heavy (non-hydrogen) atoms. The van der Waals surface area contributed by atoms with Crippen molar-refractivity contribution in [3.05, 3.63) is 12.4 Å². The average Bonchev–Trinajstić information content (AvgIpc) is 3.21. The van der Waals surface area contributed by atoms with Crippen LogP contribution < -0.4 is 10.6 Å². The second kappa shape index (κ2) is 7.74. The van der Waals surface area contributed by atoms with Crippen LogP contribution in [0.5, 0.6) is 0 Å². The third kappa shape index (κ3) is 4.52. The van der Waals surface area contributed by atoms with Crippen molar-refractivity contribution in [1.29, 1.82) is 0 Å². The molecule has 0 aromatic carbocycles. The van der Waals surface area contributed by atoms with E-state index in [4.69, 9.17) is 4.74 Å². The van der Waals surface area contributed by atoms with Gasteiger partial charge in [0, 0.05) is 38.4 Å². The van der Waals surface area contributed by atoms with Gasteiger partial charge in [0.25, 0.3) is 0 Å². The quantitative estimate of drug-likeness (QED) is 0.856. The van der Waals surface area contributed by atoms with Crippen molar-refractivity contribution in [3.8, 4) is 0 Å². The molecule has 1 aromatic rings. The Morgan fingerprint density at radius 3 is 2.80 bits per heavy atom. The number of piperidine rings is 1. The largest absolute Gasteiger partial charge is 0.370 e. The van der Waals surface area contributed by atoms with E-state index in [-0.39, 0.29) is 17.7 Å². The van der Waals surface area contributed by atoms with Gasteiger partial charge in [-0.1, -0.05) is 0 Å². The first-order chi connectivity index (χ1) is 12.0. The van der Waals surface area contributed by atoms with E-state index >= 15 is 0 Å². The third-order valence-electron chi connectivity index (χ3n) is 5.48. The standard InChI is InChI=1S/C18H31N5O2/c1-4-23-13-15(11-20-23)21-17(24)19-12-16-5-6-18(25-16)7-9-22(10-8-18)14(2)3/h11,13-14,16H,4-10,12H2,1-3H3,(H2,19,21,24)/t16-/m1/s1. The molecule has 0 saturated carbocycles. The van der Waals surface area contributed by atoms with Crippen LogP contribution in [0.15, 0.2) is 12.4 Å². The van der Waals surface area contributed by atoms with E-state index in [2.05, 4.69) is 34.5 Å². The maximum absolute atomic E-state index is 12.0. The number of urea groups is 1. The third-order valence-corrected chi connectivity index (χ3v) is 5.48. The predicted octanol–water partition coefficient (Wildman–Crippen LogP) is 2.45. The Labute approximate surface area is 150 Å². The topological polar surface area (TPSA) is 71.4 Å². The maximum Gasteiger partial charge on any atom is 0.319 e. The van der Waals surface area contributed by atoms with Gasteiger partial charge in [0.1, 0.15) is 0 Å². The van der Waals surface area contributed by atoms with Crippen molar-refractivity contribution in [2.75, 3.05) is 25.0 Å². The Morgan fingerprint density at radius 2 is 2.16 bits per heavy atom. The van der Waals surface area contributed by atoms with Crippen molar-refractivity contribution in [1.82, 2.24) is 20.0 Å². The Bertz CT molecular complexity index is 578. The molecule has 2 amide bonds. The molecule has 2 aliphatic heterocycles. The summed E-state index contributed by atoms with van der Waals surface area (Å²) in [6.07, 6.45) is 7.94. The van der Waals surface area contributed by atoms with E-state index in [9.17, 15) is 4.79 Å². The molecule has 2 fully saturated rings. The summed E-state index contributed by atoms with van der Waals surface area (Å²) in [4.78, 5) is 14.5. The first kappa shape index (κ1) is 18.2. The van der Waals surface area contributed by atoms with Crippen LogP contribution in [-0.4, -0.2) is 58.1 Å². The van der Waals surface area contributed by atoms with E-state index in [1.54, 1.807) is 10.9 Å². The number of aromatic nitrogens is 2. The fourth-order valence-electron chi connectivity index (χ4n) is 3.84. The summed E-state index contributed by atoms with van der Waals surface area (Å²) in [5.41, 5.74) is 0.750. The van der Waals surface area contributed by atoms with Crippen LogP contribution in [0.1, 0.15) is 46.5 Å². The number of amides is 2. The second-order valence-electron chi connectivity index (χ2n) is 7.51. The van der Waals surface area contributed by atoms with Crippen molar-refractivity contribution < 1.29 is 9.53 Å². The normalized spacial score (nSPS) is 23.3. The zero-order chi connectivity index (χ0) is 17.9. The first-order valence-corrected chi connectivity index (χ1v) is 9.49. The van der Waals surface area contributed by atoms with Gasteiger partial charge in [0.15, 0.2) is 0 Å². The van der Waals surface area contributed by atoms with Crippen LogP contribution in [-0.2, 0) is 11.3 Å². The monoisotopic (exact) mass is 349 g/mol. The molecule has 3 rings (SSSR count). The number of carbonyl (C=O) groups is 1. The average molecular weight is 349 g/mol. The molecule has 1 atom stereocenters. The summed E-state index contributed by atoms with van der Waals surface area (Å²) in [6, 6.07) is 0.409. The lowest BCUT2D eigenvalue weighted by atomic mass is 9.88. The second-order valence-corrected chi connectivity index (χ2v) is 7.51. The molecule has 0 radical (unpaired) electrons. The molecule has 1 aromatic heterocycles. The van der Waals surface area contributed by atoms with Gasteiger partial charge in [-0.05, 0) is 46.5 Å². The maximum atomic E-state index is 12.0. The summed E-state index contributed by atoms with van der Waals surface area (Å²) >= 11 is 0. The summed E-state index contributed by atoms with van der Waals surface area (Å²) in [7, 11) is 0. The molecular formula is C18H31N5O2. The number of rotatable bonds is 5. The van der Waals surface area contributed by atoms with Crippen molar-refractivity contribution in [2.24, 2.45) is 0 Å². The molecule has 3 heterocycles. The molecular weight excluding hydrogens is 318 g/mol. The Morgan fingerprint density at radius 1 is 1.40 bits per heavy atom. The van der Waals surface area contributed by atoms with Crippen LogP contribution in [0.4, 0.5) is 10.5 Å². The number of hydrogen-bond donors (Lipinski definition) is 2. The van der Waals surface area contributed by atoms with Crippen molar-refractivity contribution in [3.63, 3.8) is 0 Å². The Hall–Kier alpha value is -1.60. The minimum atomic E-state index is -0.199. The van der Waals surface area contributed by atoms with Crippen molar-refractivity contribution >= 4 is 11.7 Å². The lowest BCUT2D eigenvalue weighted by Crippen LogP contribution is -2.47. The van der Waals surface area contributed by atoms with Gasteiger partial charge in [0.05, 0.1) is 23.6 Å². The zero-order valence-electron chi connectivity index (χ0n) is 15.6. The molecule has 7 heteroatoms. The predicted molar refractivity (Wildman–Crippen MR) is 97.7 cm³/mol. The fraction of sp³-hybridized carbons (Fsp3) is 0.778. The highest BCUT2D eigenvalue weighted by Gasteiger charge is 2.42. The number of nitrogens with zero attached hydrogens (tertiary/aromatic N) is 3. The van der Waals surface area contributed by atoms with Crippen molar-refractivity contribution in [2.45, 2.75) is 70.7 Å². The molecule has 0 unspecified atom stereocenters. The number of carbonyl (C=O) groups excluding carboxylic acids is 1. The minimum absolute atomic E-state index is 0.0382. The van der Waals surface area contributed by atoms with Gasteiger partial charge in [-0.15, -0.1) is 0 Å². The van der Waals surface area contributed by atoms with Crippen LogP contribution in [0, 0.1) is 0 Å². The minimum Gasteiger partial charge on any atom is -0.370 e. The number of hydrogen-bond acceptors (Lipinski definition) is 4. The molecule has 140 valence electrons. The lowest BCUT2D eigenvalue weighted by molar-refractivity contribution is -0.0786. The smallest absolute Gasteiger partial charge is 0.319 e. The fourth-order valence-corrected chi connectivity index (χ4v) is 3.84. The Kier molecular flexibility index (Phi) is 5.64. The van der Waals surface area contributed by atoms with Gasteiger partial charge >= 0.3 is 6.03 Å². The molecule has 7 nitrogen and oxygen atoms in total. The molecule has 0 aliphatic carbocycles. The highest BCUT2D eigenvalue weighted by molar-refractivity contribution is 5.88. The summed E-state index contributed by atoms with van der Waals surface area (Å²) < 4.78 is 8.14. The van der Waals surface area contributed by atoms with Gasteiger partial charge in [-0.3, -0.25) is 4.68 Å². The van der Waals surface area contributed by atoms with Crippen LogP contribution in [0.3, 0.4) is 0 Å². The lowest BCUT2D eigenvalue weighted by Gasteiger charge is -2.40. The van der Waals surface area contributed by atoms with Gasteiger partial charge < -0.3 is 20.3 Å². The van der Waals surface area contributed by atoms with Gasteiger partial charge in [-0.2, -0.15) is 5.10 Å². The molecule has 0 bridgehead atoms. The van der Waals surface area contributed by atoms with E-state index in [0.29, 0.717) is 18.3 Å². The summed E-state index contributed by atoms with van der Waals surface area (Å²) in [5, 5.41) is 9.89. The van der Waals surface area contributed by atoms with E-state index in [0.717, 1.165) is 45.3 Å². The van der Waals surface area contributed by atoms with Gasteiger partial charge in [0.2, 0.25) is 0 Å². The number of nitrogens with one attached hydrogen (secondary N) is 2. The van der Waals surface area contributed by atoms with E-state index in [1.807, 2.05) is 13.1 Å². The Balaban J connectivity index is 1.40. The van der Waals surface area contributed by atoms with Crippen LogP contribution in [0.25, 0.3) is 0 Å². The SMILES string of the molecule is CCn1cc(NC(=O)NC[C@H]2CCC3(CCN(C(C)C)CC3)O2)cn1. The molecule has 1 spiro atoms. The van der Waals surface area contributed by atoms with E-state index < -0.39 is 0 Å². The molecule has 2 aliphatic rings. The zero-order valence-corrected chi connectivity index (χ0v) is 15.6. The number of anilines is 1. The highest BCUT2D eigenvalue weighted by atomic mass is 16.5. The van der Waals surface area contributed by atoms with Crippen LogP contribution >= 0.6 is 0 Å². The summed E-state index contributed by atoms with van der Waals surface area (Å²) in [5.74, 6) is 0. The van der Waals surface area contributed by atoms with Gasteiger partial charge in [-0.25, -0.2) is 4.79 Å². The molecule has 2 saturated heterocycles. The molecule has 2 N–H and O–H groups in total.